The lowest BCUT2D eigenvalue weighted by atomic mass is 10.0. The van der Waals surface area contributed by atoms with Crippen molar-refractivity contribution in [2.45, 2.75) is 17.9 Å². The number of nitrogens with zero attached hydrogens (tertiary/aromatic N) is 1. The minimum Gasteiger partial charge on any atom is -0.312 e. The predicted octanol–water partition coefficient (Wildman–Crippen LogP) is 1.76. The van der Waals surface area contributed by atoms with E-state index in [0.717, 1.165) is 18.5 Å². The molecule has 3 rings (SSSR count). The van der Waals surface area contributed by atoms with Gasteiger partial charge in [-0.25, -0.2) is 0 Å². The van der Waals surface area contributed by atoms with Crippen LogP contribution < -0.4 is 5.32 Å². The van der Waals surface area contributed by atoms with Gasteiger partial charge in [0.05, 0.1) is 10.6 Å². The third-order valence-corrected chi connectivity index (χ3v) is 4.90. The monoisotopic (exact) mass is 313 g/mol. The standard InChI is InChI=1S/C16H15N3O2S/c17-10-12-1-4-15(5-2-12)19-22(20,21)16-6-3-13-7-8-18-11-14(13)9-16/h1-6,9,17-18H,7-8,11H2. The van der Waals surface area contributed by atoms with Gasteiger partial charge < -0.3 is 5.32 Å². The van der Waals surface area contributed by atoms with Gasteiger partial charge >= 0.3 is 0 Å². The number of benzene rings is 1. The molecule has 0 radical (unpaired) electrons. The van der Waals surface area contributed by atoms with E-state index in [1.807, 2.05) is 6.07 Å². The van der Waals surface area contributed by atoms with Crippen LogP contribution in [-0.2, 0) is 23.0 Å². The van der Waals surface area contributed by atoms with Crippen molar-refractivity contribution < 1.29 is 8.42 Å². The Hall–Kier alpha value is -2.27. The van der Waals surface area contributed by atoms with E-state index in [4.69, 9.17) is 5.41 Å². The summed E-state index contributed by atoms with van der Waals surface area (Å²) < 4.78 is 28.7. The van der Waals surface area contributed by atoms with E-state index in [-0.39, 0.29) is 4.90 Å². The van der Waals surface area contributed by atoms with E-state index >= 15 is 0 Å². The van der Waals surface area contributed by atoms with Crippen molar-refractivity contribution in [1.29, 1.82) is 5.41 Å². The molecule has 0 aromatic heterocycles. The van der Waals surface area contributed by atoms with Crippen LogP contribution in [0.15, 0.2) is 57.4 Å². The van der Waals surface area contributed by atoms with Gasteiger partial charge in [-0.1, -0.05) is 6.07 Å². The van der Waals surface area contributed by atoms with Gasteiger partial charge in [0.15, 0.2) is 0 Å². The summed E-state index contributed by atoms with van der Waals surface area (Å²) in [5.74, 6) is 2.23. The second-order valence-electron chi connectivity index (χ2n) is 5.10. The van der Waals surface area contributed by atoms with E-state index in [9.17, 15) is 8.42 Å². The number of hydrogen-bond donors (Lipinski definition) is 2. The highest BCUT2D eigenvalue weighted by molar-refractivity contribution is 7.90. The van der Waals surface area contributed by atoms with Gasteiger partial charge in [0.25, 0.3) is 10.0 Å². The fourth-order valence-corrected chi connectivity index (χ4v) is 3.45. The minimum absolute atomic E-state index is 0.206. The summed E-state index contributed by atoms with van der Waals surface area (Å²) in [5.41, 5.74) is 3.12. The molecule has 22 heavy (non-hydrogen) atoms. The van der Waals surface area contributed by atoms with Crippen molar-refractivity contribution in [3.63, 3.8) is 0 Å². The maximum Gasteiger partial charge on any atom is 0.282 e. The highest BCUT2D eigenvalue weighted by Gasteiger charge is 2.17. The van der Waals surface area contributed by atoms with Crippen LogP contribution in [0.3, 0.4) is 0 Å². The maximum absolute atomic E-state index is 12.4. The molecule has 2 N–H and O–H groups in total. The molecule has 0 unspecified atom stereocenters. The molecule has 0 bridgehead atoms. The van der Waals surface area contributed by atoms with Gasteiger partial charge in [-0.2, -0.15) is 12.8 Å². The summed E-state index contributed by atoms with van der Waals surface area (Å²) in [7, 11) is -3.74. The Labute approximate surface area is 129 Å². The molecule has 1 aromatic rings. The Balaban J connectivity index is 1.94. The average Bonchev–Trinajstić information content (AvgIpc) is 2.55. The lowest BCUT2D eigenvalue weighted by molar-refractivity contribution is 0.596. The second-order valence-corrected chi connectivity index (χ2v) is 6.70. The first kappa shape index (κ1) is 14.7. The van der Waals surface area contributed by atoms with Crippen LogP contribution in [0, 0.1) is 5.41 Å². The molecule has 0 spiro atoms. The summed E-state index contributed by atoms with van der Waals surface area (Å²) in [6, 6.07) is 5.18. The summed E-state index contributed by atoms with van der Waals surface area (Å²) >= 11 is 0. The Kier molecular flexibility index (Phi) is 3.90. The highest BCUT2D eigenvalue weighted by atomic mass is 32.2. The van der Waals surface area contributed by atoms with Crippen LogP contribution in [0.4, 0.5) is 0 Å². The number of fused-ring (bicyclic) bond motifs is 1. The average molecular weight is 313 g/mol. The molecule has 112 valence electrons. The van der Waals surface area contributed by atoms with Crippen molar-refractivity contribution in [2.75, 3.05) is 6.54 Å². The van der Waals surface area contributed by atoms with Crippen LogP contribution in [0.5, 0.6) is 0 Å². The molecule has 0 amide bonds. The zero-order valence-electron chi connectivity index (χ0n) is 11.8. The molecule has 1 heterocycles. The Bertz CT molecular complexity index is 839. The van der Waals surface area contributed by atoms with Crippen molar-refractivity contribution in [2.24, 2.45) is 4.40 Å². The molecule has 0 saturated heterocycles. The van der Waals surface area contributed by atoms with Gasteiger partial charge in [-0.15, -0.1) is 0 Å². The molecule has 1 aliphatic carbocycles. The maximum atomic E-state index is 12.4. The summed E-state index contributed by atoms with van der Waals surface area (Å²) in [5, 5.41) is 10.2. The first-order valence-corrected chi connectivity index (χ1v) is 8.36. The van der Waals surface area contributed by atoms with Crippen molar-refractivity contribution in [1.82, 2.24) is 5.32 Å². The molecule has 1 aromatic carbocycles. The van der Waals surface area contributed by atoms with Crippen LogP contribution in [0.2, 0.25) is 0 Å². The Morgan fingerprint density at radius 3 is 2.64 bits per heavy atom. The normalized spacial score (nSPS) is 17.1. The molecular weight excluding hydrogens is 298 g/mol. The van der Waals surface area contributed by atoms with Gasteiger partial charge in [0, 0.05) is 12.1 Å². The van der Waals surface area contributed by atoms with E-state index in [2.05, 4.69) is 15.6 Å². The third kappa shape index (κ3) is 2.99. The fraction of sp³-hybridized carbons (Fsp3) is 0.188. The summed E-state index contributed by atoms with van der Waals surface area (Å²) in [6.07, 6.45) is 7.26. The molecule has 5 nitrogen and oxygen atoms in total. The van der Waals surface area contributed by atoms with Gasteiger partial charge in [0.1, 0.15) is 0 Å². The van der Waals surface area contributed by atoms with Gasteiger partial charge in [0.2, 0.25) is 0 Å². The van der Waals surface area contributed by atoms with Crippen molar-refractivity contribution >= 4 is 21.6 Å². The van der Waals surface area contributed by atoms with E-state index in [0.29, 0.717) is 17.8 Å². The molecular formula is C16H15N3O2S. The lowest BCUT2D eigenvalue weighted by Gasteiger charge is -2.17. The second kappa shape index (κ2) is 5.85. The van der Waals surface area contributed by atoms with E-state index < -0.39 is 10.0 Å². The van der Waals surface area contributed by atoms with Crippen molar-refractivity contribution in [3.8, 4) is 0 Å². The van der Waals surface area contributed by atoms with E-state index in [1.54, 1.807) is 36.4 Å². The smallest absolute Gasteiger partial charge is 0.282 e. The van der Waals surface area contributed by atoms with Crippen LogP contribution in [0.1, 0.15) is 11.1 Å². The summed E-state index contributed by atoms with van der Waals surface area (Å²) in [4.78, 5) is 0.206. The first-order chi connectivity index (χ1) is 10.6. The molecule has 0 saturated carbocycles. The highest BCUT2D eigenvalue weighted by Crippen LogP contribution is 2.21. The number of sulfonamides is 1. The van der Waals surface area contributed by atoms with E-state index in [1.165, 1.54) is 5.56 Å². The predicted molar refractivity (Wildman–Crippen MR) is 86.0 cm³/mol. The largest absolute Gasteiger partial charge is 0.312 e. The lowest BCUT2D eigenvalue weighted by Crippen LogP contribution is -2.23. The third-order valence-electron chi connectivity index (χ3n) is 3.60. The van der Waals surface area contributed by atoms with Crippen LogP contribution in [0.25, 0.3) is 0 Å². The minimum atomic E-state index is -3.74. The fourth-order valence-electron chi connectivity index (χ4n) is 2.41. The molecule has 0 fully saturated rings. The quantitative estimate of drug-likeness (QED) is 0.816. The molecule has 1 aliphatic heterocycles. The van der Waals surface area contributed by atoms with Crippen LogP contribution >= 0.6 is 0 Å². The number of rotatable bonds is 2. The SMILES string of the molecule is N=C=C1C=CC(=NS(=O)(=O)c2ccc3c(c2)CNCC3)C=C1. The number of allylic oxidation sites excluding steroid dienone is 5. The van der Waals surface area contributed by atoms with Crippen molar-refractivity contribution in [3.05, 3.63) is 59.2 Å². The van der Waals surface area contributed by atoms with Crippen LogP contribution in [-0.4, -0.2) is 26.5 Å². The molecule has 6 heteroatoms. The topological polar surface area (TPSA) is 82.4 Å². The number of hydrogen-bond acceptors (Lipinski definition) is 4. The molecule has 0 atom stereocenters. The van der Waals surface area contributed by atoms with Gasteiger partial charge in [-0.3, -0.25) is 5.41 Å². The molecule has 2 aliphatic rings. The first-order valence-electron chi connectivity index (χ1n) is 6.92. The zero-order valence-corrected chi connectivity index (χ0v) is 12.7. The zero-order chi connectivity index (χ0) is 15.6. The summed E-state index contributed by atoms with van der Waals surface area (Å²) in [6.45, 7) is 1.60. The van der Waals surface area contributed by atoms with Gasteiger partial charge in [-0.05, 0) is 66.4 Å². The number of nitrogens with one attached hydrogen (secondary N) is 2. The Morgan fingerprint density at radius 2 is 1.91 bits per heavy atom. The Morgan fingerprint density at radius 1 is 1.14 bits per heavy atom.